The third kappa shape index (κ3) is 6.85. The van der Waals surface area contributed by atoms with Crippen LogP contribution in [0.5, 0.6) is 11.6 Å². The maximum atomic E-state index is 13.7. The van der Waals surface area contributed by atoms with E-state index in [0.29, 0.717) is 23.9 Å². The average Bonchev–Trinajstić information content (AvgIpc) is 2.91. The summed E-state index contributed by atoms with van der Waals surface area (Å²) in [5.74, 6) is -0.994. The molecule has 40 heavy (non-hydrogen) atoms. The molecule has 212 valence electrons. The lowest BCUT2D eigenvalue weighted by atomic mass is 9.96. The highest BCUT2D eigenvalue weighted by Gasteiger charge is 2.23. The Morgan fingerprint density at radius 1 is 1.12 bits per heavy atom. The van der Waals surface area contributed by atoms with Crippen molar-refractivity contribution in [3.8, 4) is 22.8 Å². The Kier molecular flexibility index (Phi) is 8.75. The number of nitrogens with one attached hydrogen (secondary N) is 1. The summed E-state index contributed by atoms with van der Waals surface area (Å²) in [7, 11) is 0. The number of rotatable bonds is 8. The fourth-order valence-electron chi connectivity index (χ4n) is 5.72. The molecule has 8 nitrogen and oxygen atoms in total. The molecule has 1 amide bonds. The number of carbonyl (C=O) groups is 1. The lowest BCUT2D eigenvalue weighted by molar-refractivity contribution is -0.00431. The number of hydrogen-bond acceptors (Lipinski definition) is 7. The van der Waals surface area contributed by atoms with E-state index in [9.17, 15) is 9.18 Å². The molecule has 0 aliphatic carbocycles. The third-order valence-electron chi connectivity index (χ3n) is 7.53. The van der Waals surface area contributed by atoms with Crippen molar-refractivity contribution in [1.29, 1.82) is 0 Å². The van der Waals surface area contributed by atoms with Gasteiger partial charge in [-0.05, 0) is 61.2 Å². The van der Waals surface area contributed by atoms with Crippen molar-refractivity contribution in [3.63, 3.8) is 0 Å². The number of nitrogens with two attached hydrogens (primary N) is 1. The highest BCUT2D eigenvalue weighted by atomic mass is 19.1. The van der Waals surface area contributed by atoms with Gasteiger partial charge in [-0.2, -0.15) is 0 Å². The molecule has 3 aromatic rings. The Bertz CT molecular complexity index is 1340. The Labute approximate surface area is 235 Å². The zero-order valence-electron chi connectivity index (χ0n) is 23.4. The van der Waals surface area contributed by atoms with Crippen LogP contribution in [0.3, 0.4) is 0 Å². The summed E-state index contributed by atoms with van der Waals surface area (Å²) < 4.78 is 25.3. The normalized spacial score (nSPS) is 22.2. The van der Waals surface area contributed by atoms with Gasteiger partial charge in [0.05, 0.1) is 19.4 Å². The van der Waals surface area contributed by atoms with Crippen molar-refractivity contribution in [3.05, 3.63) is 77.2 Å². The standard InChI is InChI=1S/C31H38FN5O3/c1-20-15-36(16-21(2)35-20)17-23-7-8-28(25(11-23)18-37-9-10-39-19-22(37)3)24-5-4-6-27(12-24)40-31-29(30(33)38)13-26(32)14-34-31/h4-8,11-14,20-22,35H,9-10,15-19H2,1-3H3,(H2,33,38)/t20-,21+,22-/m0/s1. The van der Waals surface area contributed by atoms with Crippen molar-refractivity contribution in [2.45, 2.75) is 52.0 Å². The maximum absolute atomic E-state index is 13.7. The van der Waals surface area contributed by atoms with E-state index in [1.807, 2.05) is 18.2 Å². The van der Waals surface area contributed by atoms with Crippen LogP contribution in [0.15, 0.2) is 54.7 Å². The molecule has 5 rings (SSSR count). The number of benzene rings is 2. The van der Waals surface area contributed by atoms with Crippen LogP contribution in [0.25, 0.3) is 11.1 Å². The predicted molar refractivity (Wildman–Crippen MR) is 153 cm³/mol. The number of aromatic nitrogens is 1. The van der Waals surface area contributed by atoms with Gasteiger partial charge in [0.2, 0.25) is 5.88 Å². The van der Waals surface area contributed by atoms with E-state index in [1.54, 1.807) is 6.07 Å². The van der Waals surface area contributed by atoms with Crippen LogP contribution in [0.4, 0.5) is 4.39 Å². The number of halogens is 1. The van der Waals surface area contributed by atoms with Crippen molar-refractivity contribution in [2.24, 2.45) is 5.73 Å². The highest BCUT2D eigenvalue weighted by Crippen LogP contribution is 2.32. The first-order valence-electron chi connectivity index (χ1n) is 13.9. The van der Waals surface area contributed by atoms with Gasteiger partial charge in [-0.1, -0.05) is 30.3 Å². The molecule has 2 aliphatic heterocycles. The van der Waals surface area contributed by atoms with Crippen LogP contribution >= 0.6 is 0 Å². The lowest BCUT2D eigenvalue weighted by Gasteiger charge is -2.36. The number of nitrogens with zero attached hydrogens (tertiary/aromatic N) is 3. The first kappa shape index (κ1) is 28.2. The number of hydrogen-bond donors (Lipinski definition) is 2. The zero-order valence-corrected chi connectivity index (χ0v) is 23.4. The Morgan fingerprint density at radius 3 is 2.67 bits per heavy atom. The van der Waals surface area contributed by atoms with Crippen LogP contribution in [0.2, 0.25) is 0 Å². The summed E-state index contributed by atoms with van der Waals surface area (Å²) in [5.41, 5.74) is 9.93. The molecule has 0 unspecified atom stereocenters. The van der Waals surface area contributed by atoms with Gasteiger partial charge in [-0.25, -0.2) is 9.37 Å². The fraction of sp³-hybridized carbons (Fsp3) is 0.419. The molecule has 9 heteroatoms. The van der Waals surface area contributed by atoms with Crippen molar-refractivity contribution < 1.29 is 18.7 Å². The molecule has 3 N–H and O–H groups in total. The van der Waals surface area contributed by atoms with Crippen LogP contribution in [-0.4, -0.2) is 71.7 Å². The molecule has 2 saturated heterocycles. The summed E-state index contributed by atoms with van der Waals surface area (Å²) in [4.78, 5) is 20.8. The van der Waals surface area contributed by atoms with Gasteiger partial charge in [0.1, 0.15) is 17.1 Å². The van der Waals surface area contributed by atoms with Gasteiger partial charge < -0.3 is 20.5 Å². The molecule has 0 saturated carbocycles. The average molecular weight is 548 g/mol. The van der Waals surface area contributed by atoms with Gasteiger partial charge in [-0.3, -0.25) is 14.6 Å². The largest absolute Gasteiger partial charge is 0.438 e. The second-order valence-corrected chi connectivity index (χ2v) is 11.0. The van der Waals surface area contributed by atoms with Crippen LogP contribution in [-0.2, 0) is 17.8 Å². The predicted octanol–water partition coefficient (Wildman–Crippen LogP) is 4.18. The van der Waals surface area contributed by atoms with Gasteiger partial charge in [0.15, 0.2) is 0 Å². The van der Waals surface area contributed by atoms with Gasteiger partial charge >= 0.3 is 0 Å². The minimum Gasteiger partial charge on any atom is -0.438 e. The second-order valence-electron chi connectivity index (χ2n) is 11.0. The summed E-state index contributed by atoms with van der Waals surface area (Å²) in [6, 6.07) is 16.7. The van der Waals surface area contributed by atoms with E-state index < -0.39 is 11.7 Å². The van der Waals surface area contributed by atoms with E-state index >= 15 is 0 Å². The summed E-state index contributed by atoms with van der Waals surface area (Å²) in [6.07, 6.45) is 1.01. The zero-order chi connectivity index (χ0) is 28.2. The number of carbonyl (C=O) groups excluding carboxylic acids is 1. The number of piperazine rings is 1. The summed E-state index contributed by atoms with van der Waals surface area (Å²) >= 11 is 0. The topological polar surface area (TPSA) is 92.9 Å². The van der Waals surface area contributed by atoms with E-state index in [2.05, 4.69) is 59.1 Å². The number of amides is 1. The SMILES string of the molecule is C[C@@H]1CN(Cc2ccc(-c3cccc(Oc4ncc(F)cc4C(N)=O)c3)c(CN3CCOC[C@@H]3C)c2)C[C@H](C)N1. The molecule has 2 aliphatic rings. The molecule has 1 aromatic heterocycles. The van der Waals surface area contributed by atoms with E-state index in [1.165, 1.54) is 11.1 Å². The Balaban J connectivity index is 1.45. The Morgan fingerprint density at radius 2 is 1.93 bits per heavy atom. The lowest BCUT2D eigenvalue weighted by Crippen LogP contribution is -2.53. The smallest absolute Gasteiger partial charge is 0.254 e. The second kappa shape index (κ2) is 12.4. The molecular formula is C31H38FN5O3. The van der Waals surface area contributed by atoms with E-state index in [4.69, 9.17) is 15.2 Å². The van der Waals surface area contributed by atoms with E-state index in [0.717, 1.165) is 69.3 Å². The van der Waals surface area contributed by atoms with Crippen LogP contribution < -0.4 is 15.8 Å². The monoisotopic (exact) mass is 547 g/mol. The van der Waals surface area contributed by atoms with Crippen LogP contribution in [0.1, 0.15) is 42.3 Å². The molecule has 2 fully saturated rings. The summed E-state index contributed by atoms with van der Waals surface area (Å²) in [5, 5.41) is 3.61. The Hall–Kier alpha value is -3.37. The van der Waals surface area contributed by atoms with Crippen molar-refractivity contribution in [1.82, 2.24) is 20.1 Å². The van der Waals surface area contributed by atoms with Gasteiger partial charge in [0.25, 0.3) is 5.91 Å². The number of primary amides is 1. The molecular weight excluding hydrogens is 509 g/mol. The van der Waals surface area contributed by atoms with Crippen LogP contribution in [0, 0.1) is 5.82 Å². The number of morpholine rings is 1. The quantitative estimate of drug-likeness (QED) is 0.437. The first-order valence-corrected chi connectivity index (χ1v) is 13.9. The maximum Gasteiger partial charge on any atom is 0.254 e. The highest BCUT2D eigenvalue weighted by molar-refractivity contribution is 5.95. The molecule has 2 aromatic carbocycles. The number of ether oxygens (including phenoxy) is 2. The first-order chi connectivity index (χ1) is 19.2. The van der Waals surface area contributed by atoms with Crippen molar-refractivity contribution >= 4 is 5.91 Å². The fourth-order valence-corrected chi connectivity index (χ4v) is 5.72. The minimum absolute atomic E-state index is 0.0248. The molecule has 0 bridgehead atoms. The van der Waals surface area contributed by atoms with Gasteiger partial charge in [-0.15, -0.1) is 0 Å². The molecule has 3 heterocycles. The summed E-state index contributed by atoms with van der Waals surface area (Å²) in [6.45, 7) is 12.8. The van der Waals surface area contributed by atoms with E-state index in [-0.39, 0.29) is 11.4 Å². The third-order valence-corrected chi connectivity index (χ3v) is 7.53. The molecule has 0 spiro atoms. The van der Waals surface area contributed by atoms with Gasteiger partial charge in [0, 0.05) is 50.8 Å². The number of pyridine rings is 1. The molecule has 3 atom stereocenters. The minimum atomic E-state index is -0.802. The van der Waals surface area contributed by atoms with Crippen molar-refractivity contribution in [2.75, 3.05) is 32.8 Å². The molecule has 0 radical (unpaired) electrons.